The van der Waals surface area contributed by atoms with Crippen LogP contribution < -0.4 is 5.32 Å². The van der Waals surface area contributed by atoms with Crippen LogP contribution in [-0.2, 0) is 6.54 Å². The Hall–Kier alpha value is -2.16. The topological polar surface area (TPSA) is 68.0 Å². The Kier molecular flexibility index (Phi) is 5.05. The Labute approximate surface area is 162 Å². The molecule has 0 atom stereocenters. The first-order chi connectivity index (χ1) is 12.7. The first-order valence-corrected chi connectivity index (χ1v) is 10.6. The van der Waals surface area contributed by atoms with E-state index in [1.807, 2.05) is 31.2 Å². The minimum Gasteiger partial charge on any atom is -0.467 e. The average Bonchev–Trinajstić information content (AvgIpc) is 3.39. The molecule has 5 nitrogen and oxygen atoms in total. The summed E-state index contributed by atoms with van der Waals surface area (Å²) >= 11 is 4.43. The molecule has 4 aromatic rings. The van der Waals surface area contributed by atoms with Gasteiger partial charge in [0.2, 0.25) is 5.13 Å². The largest absolute Gasteiger partial charge is 0.467 e. The SMILES string of the molecule is Cc1c(C(=O)CSc2nnc(NCc3ccco3)s2)sc2ccccc12. The van der Waals surface area contributed by atoms with Gasteiger partial charge < -0.3 is 9.73 Å². The number of carbonyl (C=O) groups excluding carboxylic acids is 1. The Balaban J connectivity index is 1.37. The van der Waals surface area contributed by atoms with Crippen LogP contribution >= 0.6 is 34.4 Å². The second kappa shape index (κ2) is 7.61. The molecule has 0 radical (unpaired) electrons. The highest BCUT2D eigenvalue weighted by molar-refractivity contribution is 8.01. The molecule has 3 aromatic heterocycles. The van der Waals surface area contributed by atoms with Gasteiger partial charge in [-0.3, -0.25) is 4.79 Å². The standard InChI is InChI=1S/C18H15N3O2S3/c1-11-13-6-2-3-7-15(13)25-16(11)14(22)10-24-18-21-20-17(26-18)19-9-12-5-4-8-23-12/h2-8H,9-10H2,1H3,(H,19,20). The van der Waals surface area contributed by atoms with Crippen LogP contribution in [0.2, 0.25) is 0 Å². The number of nitrogens with zero attached hydrogens (tertiary/aromatic N) is 2. The van der Waals surface area contributed by atoms with Gasteiger partial charge in [-0.05, 0) is 36.1 Å². The van der Waals surface area contributed by atoms with E-state index in [-0.39, 0.29) is 5.78 Å². The van der Waals surface area contributed by atoms with E-state index >= 15 is 0 Å². The number of fused-ring (bicyclic) bond motifs is 1. The number of hydrogen-bond donors (Lipinski definition) is 1. The van der Waals surface area contributed by atoms with Crippen LogP contribution in [0.1, 0.15) is 21.0 Å². The number of furan rings is 1. The Morgan fingerprint density at radius 3 is 2.88 bits per heavy atom. The van der Waals surface area contributed by atoms with Crippen molar-refractivity contribution in [1.82, 2.24) is 10.2 Å². The molecule has 1 aromatic carbocycles. The maximum Gasteiger partial charge on any atom is 0.206 e. The molecule has 0 unspecified atom stereocenters. The highest BCUT2D eigenvalue weighted by Gasteiger charge is 2.16. The molecule has 0 bridgehead atoms. The molecule has 0 saturated carbocycles. The number of benzene rings is 1. The number of rotatable bonds is 7. The van der Waals surface area contributed by atoms with Crippen molar-refractivity contribution >= 4 is 55.4 Å². The van der Waals surface area contributed by atoms with E-state index in [2.05, 4.69) is 27.6 Å². The third-order valence-electron chi connectivity index (χ3n) is 3.82. The summed E-state index contributed by atoms with van der Waals surface area (Å²) < 4.78 is 7.20. The van der Waals surface area contributed by atoms with Crippen LogP contribution in [0.15, 0.2) is 51.4 Å². The molecule has 0 aliphatic rings. The van der Waals surface area contributed by atoms with Crippen molar-refractivity contribution in [1.29, 1.82) is 0 Å². The summed E-state index contributed by atoms with van der Waals surface area (Å²) in [5.74, 6) is 1.33. The number of anilines is 1. The van der Waals surface area contributed by atoms with Crippen molar-refractivity contribution in [2.75, 3.05) is 11.1 Å². The van der Waals surface area contributed by atoms with Gasteiger partial charge in [0.1, 0.15) is 5.76 Å². The number of ketones is 1. The normalized spacial score (nSPS) is 11.1. The molecule has 132 valence electrons. The van der Waals surface area contributed by atoms with Crippen LogP contribution in [0.3, 0.4) is 0 Å². The zero-order valence-electron chi connectivity index (χ0n) is 13.9. The summed E-state index contributed by atoms with van der Waals surface area (Å²) in [5.41, 5.74) is 1.06. The fourth-order valence-corrected chi connectivity index (χ4v) is 5.41. The fourth-order valence-electron chi connectivity index (χ4n) is 2.55. The maximum atomic E-state index is 12.6. The van der Waals surface area contributed by atoms with Crippen molar-refractivity contribution < 1.29 is 9.21 Å². The summed E-state index contributed by atoms with van der Waals surface area (Å²) in [7, 11) is 0. The first kappa shape index (κ1) is 17.3. The summed E-state index contributed by atoms with van der Waals surface area (Å²) in [5, 5.41) is 13.3. The van der Waals surface area contributed by atoms with Crippen LogP contribution in [0.5, 0.6) is 0 Å². The quantitative estimate of drug-likeness (QED) is 0.337. The lowest BCUT2D eigenvalue weighted by Crippen LogP contribution is -2.01. The molecule has 0 amide bonds. The van der Waals surface area contributed by atoms with E-state index in [1.165, 1.54) is 23.1 Å². The second-order valence-corrected chi connectivity index (χ2v) is 8.82. The number of aromatic nitrogens is 2. The van der Waals surface area contributed by atoms with E-state index in [1.54, 1.807) is 17.6 Å². The molecule has 3 heterocycles. The highest BCUT2D eigenvalue weighted by atomic mass is 32.2. The molecule has 0 aliphatic carbocycles. The van der Waals surface area contributed by atoms with Gasteiger partial charge in [0.05, 0.1) is 23.4 Å². The molecule has 26 heavy (non-hydrogen) atoms. The lowest BCUT2D eigenvalue weighted by atomic mass is 10.1. The number of carbonyl (C=O) groups is 1. The average molecular weight is 402 g/mol. The highest BCUT2D eigenvalue weighted by Crippen LogP contribution is 2.33. The minimum atomic E-state index is 0.133. The number of aryl methyl sites for hydroxylation is 1. The van der Waals surface area contributed by atoms with Crippen LogP contribution in [0.4, 0.5) is 5.13 Å². The first-order valence-electron chi connectivity index (χ1n) is 7.94. The smallest absolute Gasteiger partial charge is 0.206 e. The summed E-state index contributed by atoms with van der Waals surface area (Å²) in [6.45, 7) is 2.57. The van der Waals surface area contributed by atoms with Crippen molar-refractivity contribution in [3.05, 3.63) is 58.9 Å². The number of thioether (sulfide) groups is 1. The number of nitrogens with one attached hydrogen (secondary N) is 1. The van der Waals surface area contributed by atoms with Crippen molar-refractivity contribution in [3.8, 4) is 0 Å². The van der Waals surface area contributed by atoms with Gasteiger partial charge in [0.25, 0.3) is 0 Å². The molecular weight excluding hydrogens is 386 g/mol. The van der Waals surface area contributed by atoms with Gasteiger partial charge in [-0.25, -0.2) is 0 Å². The minimum absolute atomic E-state index is 0.133. The monoisotopic (exact) mass is 401 g/mol. The van der Waals surface area contributed by atoms with Gasteiger partial charge >= 0.3 is 0 Å². The Bertz CT molecular complexity index is 1040. The lowest BCUT2D eigenvalue weighted by molar-refractivity contribution is 0.102. The van der Waals surface area contributed by atoms with Gasteiger partial charge in [0.15, 0.2) is 10.1 Å². The zero-order chi connectivity index (χ0) is 17.9. The van der Waals surface area contributed by atoms with Crippen LogP contribution in [0.25, 0.3) is 10.1 Å². The molecule has 8 heteroatoms. The maximum absolute atomic E-state index is 12.6. The van der Waals surface area contributed by atoms with Gasteiger partial charge in [0, 0.05) is 4.70 Å². The van der Waals surface area contributed by atoms with E-state index in [0.29, 0.717) is 12.3 Å². The van der Waals surface area contributed by atoms with Gasteiger partial charge in [-0.2, -0.15) is 0 Å². The molecule has 0 aliphatic heterocycles. The predicted molar refractivity (Wildman–Crippen MR) is 108 cm³/mol. The summed E-state index contributed by atoms with van der Waals surface area (Å²) in [6, 6.07) is 11.9. The Morgan fingerprint density at radius 1 is 1.19 bits per heavy atom. The third-order valence-corrected chi connectivity index (χ3v) is 7.15. The van der Waals surface area contributed by atoms with Crippen molar-refractivity contribution in [3.63, 3.8) is 0 Å². The molecule has 0 saturated heterocycles. The number of hydrogen-bond acceptors (Lipinski definition) is 8. The van der Waals surface area contributed by atoms with E-state index in [4.69, 9.17) is 4.42 Å². The van der Waals surface area contributed by atoms with Crippen LogP contribution in [0, 0.1) is 6.92 Å². The zero-order valence-corrected chi connectivity index (χ0v) is 16.3. The predicted octanol–water partition coefficient (Wildman–Crippen LogP) is 5.24. The Morgan fingerprint density at radius 2 is 2.08 bits per heavy atom. The molecule has 0 spiro atoms. The summed E-state index contributed by atoms with van der Waals surface area (Å²) in [4.78, 5) is 13.4. The van der Waals surface area contributed by atoms with Crippen molar-refractivity contribution in [2.24, 2.45) is 0 Å². The molecular formula is C18H15N3O2S3. The molecule has 1 N–H and O–H groups in total. The third kappa shape index (κ3) is 3.67. The van der Waals surface area contributed by atoms with E-state index in [9.17, 15) is 4.79 Å². The van der Waals surface area contributed by atoms with Crippen LogP contribution in [-0.4, -0.2) is 21.7 Å². The van der Waals surface area contributed by atoms with Gasteiger partial charge in [-0.1, -0.05) is 41.3 Å². The number of Topliss-reactive ketones (excluding diaryl/α,β-unsaturated/α-hetero) is 1. The number of thiophene rings is 1. The fraction of sp³-hybridized carbons (Fsp3) is 0.167. The van der Waals surface area contributed by atoms with Crippen molar-refractivity contribution in [2.45, 2.75) is 17.8 Å². The van der Waals surface area contributed by atoms with E-state index < -0.39 is 0 Å². The lowest BCUT2D eigenvalue weighted by Gasteiger charge is -1.98. The summed E-state index contributed by atoms with van der Waals surface area (Å²) in [6.07, 6.45) is 1.64. The molecule has 0 fully saturated rings. The molecule has 4 rings (SSSR count). The second-order valence-electron chi connectivity index (χ2n) is 5.57. The van der Waals surface area contributed by atoms with E-state index in [0.717, 1.165) is 35.8 Å². The van der Waals surface area contributed by atoms with Gasteiger partial charge in [-0.15, -0.1) is 21.5 Å².